The van der Waals surface area contributed by atoms with Gasteiger partial charge in [-0.05, 0) is 32.1 Å². The summed E-state index contributed by atoms with van der Waals surface area (Å²) < 4.78 is 0. The summed E-state index contributed by atoms with van der Waals surface area (Å²) >= 11 is 5.81. The normalized spacial score (nSPS) is 12.9. The van der Waals surface area contributed by atoms with Gasteiger partial charge in [0.25, 0.3) is 5.69 Å². The van der Waals surface area contributed by atoms with Gasteiger partial charge in [-0.2, -0.15) is 0 Å². The third-order valence-corrected chi connectivity index (χ3v) is 3.40. The fraction of sp³-hybridized carbons (Fsp3) is 0.571. The quantitative estimate of drug-likeness (QED) is 0.621. The van der Waals surface area contributed by atoms with Gasteiger partial charge in [0, 0.05) is 35.8 Å². The molecule has 0 heterocycles. The first-order valence-electron chi connectivity index (χ1n) is 6.62. The Balaban J connectivity index is 2.80. The third-order valence-electron chi connectivity index (χ3n) is 3.17. The molecule has 0 aliphatic carbocycles. The molecule has 1 aromatic carbocycles. The largest absolute Gasteiger partial charge is 0.308 e. The molecular formula is C14H22ClN3O2. The first-order chi connectivity index (χ1) is 9.31. The minimum atomic E-state index is -0.390. The fourth-order valence-corrected chi connectivity index (χ4v) is 2.17. The number of halogens is 1. The number of nitro benzene ring substituents is 1. The molecule has 0 fully saturated rings. The van der Waals surface area contributed by atoms with Gasteiger partial charge in [0.2, 0.25) is 0 Å². The van der Waals surface area contributed by atoms with E-state index in [0.29, 0.717) is 23.0 Å². The molecule has 0 aliphatic heterocycles. The van der Waals surface area contributed by atoms with Gasteiger partial charge in [-0.15, -0.1) is 0 Å². The Labute approximate surface area is 125 Å². The van der Waals surface area contributed by atoms with Crippen molar-refractivity contribution in [2.75, 3.05) is 20.6 Å². The molecule has 0 aliphatic rings. The third kappa shape index (κ3) is 5.07. The van der Waals surface area contributed by atoms with Gasteiger partial charge in [-0.3, -0.25) is 10.1 Å². The van der Waals surface area contributed by atoms with Crippen LogP contribution in [0.1, 0.15) is 19.4 Å². The predicted octanol–water partition coefficient (Wildman–Crippen LogP) is 2.92. The standard InChI is InChI=1S/C14H22ClN3O2/c1-10(2)13(9-17(3)4)16-8-11-5-6-12(15)7-14(11)18(19)20/h5-7,10,13,16H,8-9H2,1-4H3. The van der Waals surface area contributed by atoms with Gasteiger partial charge in [0.1, 0.15) is 0 Å². The van der Waals surface area contributed by atoms with Crippen molar-refractivity contribution < 1.29 is 4.92 Å². The van der Waals surface area contributed by atoms with Crippen LogP contribution in [0.4, 0.5) is 5.69 Å². The van der Waals surface area contributed by atoms with Crippen molar-refractivity contribution >= 4 is 17.3 Å². The van der Waals surface area contributed by atoms with Gasteiger partial charge in [0.05, 0.1) is 4.92 Å². The van der Waals surface area contributed by atoms with E-state index in [1.807, 2.05) is 14.1 Å². The summed E-state index contributed by atoms with van der Waals surface area (Å²) in [7, 11) is 4.03. The lowest BCUT2D eigenvalue weighted by atomic mass is 10.0. The molecule has 0 aromatic heterocycles. The highest BCUT2D eigenvalue weighted by molar-refractivity contribution is 6.30. The van der Waals surface area contributed by atoms with Crippen LogP contribution < -0.4 is 5.32 Å². The molecule has 1 aromatic rings. The average Bonchev–Trinajstić information content (AvgIpc) is 2.34. The second-order valence-corrected chi connectivity index (χ2v) is 5.96. The summed E-state index contributed by atoms with van der Waals surface area (Å²) in [5.41, 5.74) is 0.723. The van der Waals surface area contributed by atoms with E-state index in [2.05, 4.69) is 24.1 Å². The molecular weight excluding hydrogens is 278 g/mol. The van der Waals surface area contributed by atoms with Gasteiger partial charge in [-0.25, -0.2) is 0 Å². The van der Waals surface area contributed by atoms with E-state index in [9.17, 15) is 10.1 Å². The van der Waals surface area contributed by atoms with Gasteiger partial charge in [0.15, 0.2) is 0 Å². The van der Waals surface area contributed by atoms with Crippen LogP contribution in [0.5, 0.6) is 0 Å². The van der Waals surface area contributed by atoms with Crippen molar-refractivity contribution in [1.82, 2.24) is 10.2 Å². The Morgan fingerprint density at radius 3 is 2.55 bits per heavy atom. The van der Waals surface area contributed by atoms with Crippen LogP contribution in [0.15, 0.2) is 18.2 Å². The zero-order chi connectivity index (χ0) is 15.3. The lowest BCUT2D eigenvalue weighted by Gasteiger charge is -2.25. The molecule has 20 heavy (non-hydrogen) atoms. The molecule has 0 saturated heterocycles. The smallest absolute Gasteiger partial charge is 0.275 e. The van der Waals surface area contributed by atoms with E-state index in [0.717, 1.165) is 6.54 Å². The molecule has 1 unspecified atom stereocenters. The molecule has 0 spiro atoms. The van der Waals surface area contributed by atoms with Crippen molar-refractivity contribution in [2.24, 2.45) is 5.92 Å². The topological polar surface area (TPSA) is 58.4 Å². The summed E-state index contributed by atoms with van der Waals surface area (Å²) in [5, 5.41) is 14.8. The van der Waals surface area contributed by atoms with Crippen LogP contribution >= 0.6 is 11.6 Å². The predicted molar refractivity (Wildman–Crippen MR) is 82.1 cm³/mol. The Morgan fingerprint density at radius 2 is 2.05 bits per heavy atom. The summed E-state index contributed by atoms with van der Waals surface area (Å²) in [6.45, 7) is 5.62. The van der Waals surface area contributed by atoms with E-state index in [1.54, 1.807) is 12.1 Å². The van der Waals surface area contributed by atoms with Crippen LogP contribution in [-0.2, 0) is 6.54 Å². The molecule has 0 amide bonds. The van der Waals surface area contributed by atoms with E-state index in [1.165, 1.54) is 6.07 Å². The first-order valence-corrected chi connectivity index (χ1v) is 7.00. The maximum Gasteiger partial charge on any atom is 0.275 e. The lowest BCUT2D eigenvalue weighted by molar-refractivity contribution is -0.385. The molecule has 1 N–H and O–H groups in total. The minimum Gasteiger partial charge on any atom is -0.308 e. The van der Waals surface area contributed by atoms with Crippen molar-refractivity contribution in [1.29, 1.82) is 0 Å². The van der Waals surface area contributed by atoms with Crippen LogP contribution in [0.3, 0.4) is 0 Å². The highest BCUT2D eigenvalue weighted by atomic mass is 35.5. The van der Waals surface area contributed by atoms with Crippen LogP contribution in [0, 0.1) is 16.0 Å². The SMILES string of the molecule is CC(C)C(CN(C)C)NCc1ccc(Cl)cc1[N+](=O)[O-]. The number of rotatable bonds is 7. The summed E-state index contributed by atoms with van der Waals surface area (Å²) in [6.07, 6.45) is 0. The van der Waals surface area contributed by atoms with Crippen molar-refractivity contribution in [3.05, 3.63) is 38.9 Å². The number of nitro groups is 1. The van der Waals surface area contributed by atoms with E-state index in [-0.39, 0.29) is 16.7 Å². The highest BCUT2D eigenvalue weighted by Gasteiger charge is 2.18. The van der Waals surface area contributed by atoms with Gasteiger partial charge >= 0.3 is 0 Å². The molecule has 0 bridgehead atoms. The Hall–Kier alpha value is -1.17. The second-order valence-electron chi connectivity index (χ2n) is 5.52. The number of nitrogens with zero attached hydrogens (tertiary/aromatic N) is 2. The van der Waals surface area contributed by atoms with Crippen molar-refractivity contribution in [2.45, 2.75) is 26.4 Å². The number of hydrogen-bond donors (Lipinski definition) is 1. The zero-order valence-electron chi connectivity index (χ0n) is 12.4. The lowest BCUT2D eigenvalue weighted by Crippen LogP contribution is -2.41. The second kappa shape index (κ2) is 7.57. The minimum absolute atomic E-state index is 0.0670. The number of nitrogens with one attached hydrogen (secondary N) is 1. The van der Waals surface area contributed by atoms with E-state index >= 15 is 0 Å². The van der Waals surface area contributed by atoms with E-state index < -0.39 is 0 Å². The van der Waals surface area contributed by atoms with Crippen LogP contribution in [-0.4, -0.2) is 36.5 Å². The Morgan fingerprint density at radius 1 is 1.40 bits per heavy atom. The number of likely N-dealkylation sites (N-methyl/N-ethyl adjacent to an activating group) is 1. The number of benzene rings is 1. The van der Waals surface area contributed by atoms with Gasteiger partial charge in [-0.1, -0.05) is 25.4 Å². The molecule has 112 valence electrons. The van der Waals surface area contributed by atoms with Crippen LogP contribution in [0.25, 0.3) is 0 Å². The zero-order valence-corrected chi connectivity index (χ0v) is 13.1. The number of hydrogen-bond acceptors (Lipinski definition) is 4. The molecule has 1 atom stereocenters. The summed E-state index contributed by atoms with van der Waals surface area (Å²) in [6, 6.07) is 5.07. The maximum atomic E-state index is 11.0. The van der Waals surface area contributed by atoms with Gasteiger partial charge < -0.3 is 10.2 Å². The van der Waals surface area contributed by atoms with Crippen molar-refractivity contribution in [3.63, 3.8) is 0 Å². The molecule has 1 rings (SSSR count). The molecule has 5 nitrogen and oxygen atoms in total. The molecule has 0 radical (unpaired) electrons. The first kappa shape index (κ1) is 16.9. The van der Waals surface area contributed by atoms with Crippen molar-refractivity contribution in [3.8, 4) is 0 Å². The Kier molecular flexibility index (Phi) is 6.39. The maximum absolute atomic E-state index is 11.0. The molecule has 6 heteroatoms. The highest BCUT2D eigenvalue weighted by Crippen LogP contribution is 2.23. The fourth-order valence-electron chi connectivity index (χ4n) is 2.00. The molecule has 0 saturated carbocycles. The van der Waals surface area contributed by atoms with E-state index in [4.69, 9.17) is 11.6 Å². The Bertz CT molecular complexity index is 464. The average molecular weight is 300 g/mol. The summed E-state index contributed by atoms with van der Waals surface area (Å²) in [5.74, 6) is 0.448. The monoisotopic (exact) mass is 299 g/mol. The van der Waals surface area contributed by atoms with Crippen LogP contribution in [0.2, 0.25) is 5.02 Å². The summed E-state index contributed by atoms with van der Waals surface area (Å²) in [4.78, 5) is 12.8.